The van der Waals surface area contributed by atoms with E-state index in [0.717, 1.165) is 0 Å². The van der Waals surface area contributed by atoms with Gasteiger partial charge in [0.05, 0.1) is 29.5 Å². The summed E-state index contributed by atoms with van der Waals surface area (Å²) in [4.78, 5) is 0. The number of nitriles is 1. The highest BCUT2D eigenvalue weighted by Gasteiger charge is 2.06. The van der Waals surface area contributed by atoms with Gasteiger partial charge >= 0.3 is 0 Å². The van der Waals surface area contributed by atoms with Crippen molar-refractivity contribution in [1.82, 2.24) is 0 Å². The molecule has 0 bridgehead atoms. The van der Waals surface area contributed by atoms with Gasteiger partial charge in [0.15, 0.2) is 11.6 Å². The number of ether oxygens (including phenoxy) is 1. The lowest BCUT2D eigenvalue weighted by Crippen LogP contribution is -1.94. The Balaban J connectivity index is 2.29. The first-order valence-corrected chi connectivity index (χ1v) is 5.82. The molecule has 0 aliphatic carbocycles. The van der Waals surface area contributed by atoms with Crippen molar-refractivity contribution in [3.63, 3.8) is 0 Å². The number of benzene rings is 2. The van der Waals surface area contributed by atoms with Crippen LogP contribution in [0.3, 0.4) is 0 Å². The lowest BCUT2D eigenvalue weighted by atomic mass is 10.2. The second-order valence-electron chi connectivity index (χ2n) is 3.78. The molecule has 5 heteroatoms. The van der Waals surface area contributed by atoms with Gasteiger partial charge in [0.1, 0.15) is 0 Å². The van der Waals surface area contributed by atoms with E-state index in [-0.39, 0.29) is 5.75 Å². The predicted molar refractivity (Wildman–Crippen MR) is 72.4 cm³/mol. The number of nitrogens with one attached hydrogen (secondary N) is 1. The maximum atomic E-state index is 13.3. The zero-order chi connectivity index (χ0) is 13.8. The standard InChI is InChI=1S/C14H10ClFN2O/c1-19-14-7-10(3-4-12(14)16)18-13-5-2-9(8-17)6-11(13)15/h2-7,18H,1H3. The molecule has 0 radical (unpaired) electrons. The fourth-order valence-corrected chi connectivity index (χ4v) is 1.81. The fourth-order valence-electron chi connectivity index (χ4n) is 1.58. The molecule has 0 fully saturated rings. The average molecular weight is 277 g/mol. The van der Waals surface area contributed by atoms with E-state index in [2.05, 4.69) is 5.32 Å². The van der Waals surface area contributed by atoms with Crippen LogP contribution >= 0.6 is 11.6 Å². The number of hydrogen-bond acceptors (Lipinski definition) is 3. The second-order valence-corrected chi connectivity index (χ2v) is 4.19. The molecule has 1 N–H and O–H groups in total. The van der Waals surface area contributed by atoms with Crippen LogP contribution in [-0.4, -0.2) is 7.11 Å². The molecule has 2 rings (SSSR count). The van der Waals surface area contributed by atoms with E-state index in [0.29, 0.717) is 22.0 Å². The summed E-state index contributed by atoms with van der Waals surface area (Å²) in [7, 11) is 1.40. The smallest absolute Gasteiger partial charge is 0.165 e. The molecule has 0 heterocycles. The Morgan fingerprint density at radius 3 is 2.68 bits per heavy atom. The number of anilines is 2. The van der Waals surface area contributed by atoms with Gasteiger partial charge in [0.25, 0.3) is 0 Å². The summed E-state index contributed by atoms with van der Waals surface area (Å²) < 4.78 is 18.2. The monoisotopic (exact) mass is 276 g/mol. The van der Waals surface area contributed by atoms with Crippen molar-refractivity contribution < 1.29 is 9.13 Å². The molecule has 0 unspecified atom stereocenters. The van der Waals surface area contributed by atoms with Gasteiger partial charge in [-0.3, -0.25) is 0 Å². The third kappa shape index (κ3) is 2.95. The maximum absolute atomic E-state index is 13.3. The van der Waals surface area contributed by atoms with Gasteiger partial charge in [-0.2, -0.15) is 5.26 Å². The molecule has 0 aliphatic rings. The van der Waals surface area contributed by atoms with E-state index in [4.69, 9.17) is 21.6 Å². The molecular weight excluding hydrogens is 267 g/mol. The molecule has 96 valence electrons. The second kappa shape index (κ2) is 5.59. The topological polar surface area (TPSA) is 45.0 Å². The molecule has 0 amide bonds. The van der Waals surface area contributed by atoms with Crippen LogP contribution in [0.15, 0.2) is 36.4 Å². The molecule has 19 heavy (non-hydrogen) atoms. The van der Waals surface area contributed by atoms with E-state index in [9.17, 15) is 4.39 Å². The SMILES string of the molecule is COc1cc(Nc2ccc(C#N)cc2Cl)ccc1F. The number of hydrogen-bond donors (Lipinski definition) is 1. The number of rotatable bonds is 3. The van der Waals surface area contributed by atoms with Gasteiger partial charge in [-0.05, 0) is 30.3 Å². The molecule has 2 aromatic rings. The lowest BCUT2D eigenvalue weighted by molar-refractivity contribution is 0.387. The Kier molecular flexibility index (Phi) is 3.88. The van der Waals surface area contributed by atoms with Crippen molar-refractivity contribution in [3.05, 3.63) is 52.8 Å². The van der Waals surface area contributed by atoms with E-state index >= 15 is 0 Å². The lowest BCUT2D eigenvalue weighted by Gasteiger charge is -2.10. The first kappa shape index (κ1) is 13.2. The Hall–Kier alpha value is -2.25. The summed E-state index contributed by atoms with van der Waals surface area (Å²) in [6, 6.07) is 11.3. The molecular formula is C14H10ClFN2O. The highest BCUT2D eigenvalue weighted by Crippen LogP contribution is 2.29. The van der Waals surface area contributed by atoms with Crippen LogP contribution in [0.25, 0.3) is 0 Å². The van der Waals surface area contributed by atoms with Crippen molar-refractivity contribution in [2.24, 2.45) is 0 Å². The van der Waals surface area contributed by atoms with Gasteiger partial charge < -0.3 is 10.1 Å². The van der Waals surface area contributed by atoms with Crippen molar-refractivity contribution in [3.8, 4) is 11.8 Å². The fraction of sp³-hybridized carbons (Fsp3) is 0.0714. The molecule has 0 saturated carbocycles. The summed E-state index contributed by atoms with van der Waals surface area (Å²) in [5.41, 5.74) is 1.76. The van der Waals surface area contributed by atoms with Crippen LogP contribution in [0.4, 0.5) is 15.8 Å². The first-order valence-electron chi connectivity index (χ1n) is 5.44. The van der Waals surface area contributed by atoms with Crippen molar-refractivity contribution >= 4 is 23.0 Å². The number of methoxy groups -OCH3 is 1. The average Bonchev–Trinajstić information content (AvgIpc) is 2.43. The zero-order valence-electron chi connectivity index (χ0n) is 10.1. The number of halogens is 2. The minimum atomic E-state index is -0.432. The Morgan fingerprint density at radius 1 is 1.26 bits per heavy atom. The Bertz CT molecular complexity index is 652. The number of nitrogens with zero attached hydrogens (tertiary/aromatic N) is 1. The van der Waals surface area contributed by atoms with Gasteiger partial charge in [0.2, 0.25) is 0 Å². The van der Waals surface area contributed by atoms with E-state index in [1.807, 2.05) is 6.07 Å². The predicted octanol–water partition coefficient (Wildman–Crippen LogP) is 4.10. The molecule has 2 aromatic carbocycles. The highest BCUT2D eigenvalue weighted by molar-refractivity contribution is 6.33. The maximum Gasteiger partial charge on any atom is 0.165 e. The van der Waals surface area contributed by atoms with E-state index in [1.165, 1.54) is 19.2 Å². The minimum Gasteiger partial charge on any atom is -0.494 e. The highest BCUT2D eigenvalue weighted by atomic mass is 35.5. The van der Waals surface area contributed by atoms with Crippen LogP contribution < -0.4 is 10.1 Å². The van der Waals surface area contributed by atoms with Gasteiger partial charge in [-0.1, -0.05) is 11.6 Å². The first-order chi connectivity index (χ1) is 9.13. The molecule has 0 spiro atoms. The van der Waals surface area contributed by atoms with Gasteiger partial charge in [-0.25, -0.2) is 4.39 Å². The van der Waals surface area contributed by atoms with Gasteiger partial charge in [0, 0.05) is 11.8 Å². The Morgan fingerprint density at radius 2 is 2.05 bits per heavy atom. The summed E-state index contributed by atoms with van der Waals surface area (Å²) >= 11 is 6.04. The largest absolute Gasteiger partial charge is 0.494 e. The zero-order valence-corrected chi connectivity index (χ0v) is 10.8. The van der Waals surface area contributed by atoms with Crippen molar-refractivity contribution in [2.75, 3.05) is 12.4 Å². The van der Waals surface area contributed by atoms with Crippen LogP contribution in [0.5, 0.6) is 5.75 Å². The third-order valence-corrected chi connectivity index (χ3v) is 2.84. The van der Waals surface area contributed by atoms with Crippen LogP contribution in [0.1, 0.15) is 5.56 Å². The van der Waals surface area contributed by atoms with E-state index < -0.39 is 5.82 Å². The molecule has 0 aromatic heterocycles. The van der Waals surface area contributed by atoms with Crippen LogP contribution in [0.2, 0.25) is 5.02 Å². The van der Waals surface area contributed by atoms with Crippen molar-refractivity contribution in [2.45, 2.75) is 0 Å². The van der Waals surface area contributed by atoms with Crippen LogP contribution in [-0.2, 0) is 0 Å². The Labute approximate surface area is 115 Å². The van der Waals surface area contributed by atoms with Gasteiger partial charge in [-0.15, -0.1) is 0 Å². The normalized spacial score (nSPS) is 9.79. The van der Waals surface area contributed by atoms with E-state index in [1.54, 1.807) is 24.3 Å². The minimum absolute atomic E-state index is 0.148. The van der Waals surface area contributed by atoms with Crippen LogP contribution in [0, 0.1) is 17.1 Å². The summed E-state index contributed by atoms with van der Waals surface area (Å²) in [5.74, 6) is -0.284. The third-order valence-electron chi connectivity index (χ3n) is 2.53. The summed E-state index contributed by atoms with van der Waals surface area (Å²) in [6.45, 7) is 0. The quantitative estimate of drug-likeness (QED) is 0.918. The molecule has 0 aliphatic heterocycles. The molecule has 0 saturated heterocycles. The summed E-state index contributed by atoms with van der Waals surface area (Å²) in [6.07, 6.45) is 0. The van der Waals surface area contributed by atoms with Crippen molar-refractivity contribution in [1.29, 1.82) is 5.26 Å². The summed E-state index contributed by atoms with van der Waals surface area (Å²) in [5, 5.41) is 12.2. The molecule has 3 nitrogen and oxygen atoms in total. The molecule has 0 atom stereocenters.